The van der Waals surface area contributed by atoms with Crippen molar-refractivity contribution >= 4 is 34.1 Å². The normalized spacial score (nSPS) is 11.9. The fourth-order valence-corrected chi connectivity index (χ4v) is 7.12. The van der Waals surface area contributed by atoms with Gasteiger partial charge in [0.05, 0.1) is 0 Å². The van der Waals surface area contributed by atoms with Crippen LogP contribution in [0.15, 0.2) is 164 Å². The van der Waals surface area contributed by atoms with Crippen molar-refractivity contribution in [2.24, 2.45) is 0 Å². The van der Waals surface area contributed by atoms with E-state index in [4.69, 9.17) is 0 Å². The highest BCUT2D eigenvalue weighted by molar-refractivity contribution is 5.84. The minimum Gasteiger partial charge on any atom is -0.356 e. The van der Waals surface area contributed by atoms with E-state index >= 15 is 0 Å². The van der Waals surface area contributed by atoms with Gasteiger partial charge in [-0.2, -0.15) is 0 Å². The van der Waals surface area contributed by atoms with Crippen LogP contribution in [0.4, 0.5) is 34.1 Å². The number of nitrogens with one attached hydrogen (secondary N) is 3. The molecule has 0 heterocycles. The molecule has 7 rings (SSSR count). The fourth-order valence-electron chi connectivity index (χ4n) is 7.12. The first-order chi connectivity index (χ1) is 27.1. The Morgan fingerprint density at radius 3 is 0.719 bits per heavy atom. The highest BCUT2D eigenvalue weighted by Gasteiger charge is 2.16. The second kappa shape index (κ2) is 15.8. The van der Waals surface area contributed by atoms with Crippen molar-refractivity contribution in [1.29, 1.82) is 0 Å². The quantitative estimate of drug-likeness (QED) is 0.138. The minimum absolute atomic E-state index is 0.113. The summed E-state index contributed by atoms with van der Waals surface area (Å²) >= 11 is 0. The molecule has 0 aromatic heterocycles. The van der Waals surface area contributed by atoms with Crippen molar-refractivity contribution in [1.82, 2.24) is 0 Å². The molecule has 3 N–H and O–H groups in total. The van der Waals surface area contributed by atoms with Gasteiger partial charge >= 0.3 is 0 Å². The highest BCUT2D eigenvalue weighted by atomic mass is 14.9. The lowest BCUT2D eigenvalue weighted by Gasteiger charge is -2.19. The van der Waals surface area contributed by atoms with Gasteiger partial charge in [0.2, 0.25) is 0 Å². The number of hydrogen-bond donors (Lipinski definition) is 3. The zero-order chi connectivity index (χ0) is 40.4. The van der Waals surface area contributed by atoms with Crippen molar-refractivity contribution in [3.63, 3.8) is 0 Å². The van der Waals surface area contributed by atoms with Crippen LogP contribution >= 0.6 is 0 Å². The molecular formula is C54H57N3. The molecule has 0 atom stereocenters. The highest BCUT2D eigenvalue weighted by Crippen LogP contribution is 2.37. The van der Waals surface area contributed by atoms with E-state index in [1.807, 2.05) is 0 Å². The first-order valence-electron chi connectivity index (χ1n) is 20.2. The summed E-state index contributed by atoms with van der Waals surface area (Å²) in [4.78, 5) is 0. The summed E-state index contributed by atoms with van der Waals surface area (Å²) in [6, 6.07) is 59.5. The van der Waals surface area contributed by atoms with Crippen LogP contribution in [0.25, 0.3) is 33.4 Å². The van der Waals surface area contributed by atoms with E-state index in [-0.39, 0.29) is 16.2 Å². The Bertz CT molecular complexity index is 2160. The van der Waals surface area contributed by atoms with Gasteiger partial charge in [-0.1, -0.05) is 135 Å². The fraction of sp³-hybridized carbons (Fsp3) is 0.222. The summed E-state index contributed by atoms with van der Waals surface area (Å²) in [5.41, 5.74) is 17.6. The number of benzene rings is 7. The largest absolute Gasteiger partial charge is 0.356 e. The lowest BCUT2D eigenvalue weighted by Crippen LogP contribution is -2.10. The van der Waals surface area contributed by atoms with Crippen molar-refractivity contribution in [2.75, 3.05) is 16.0 Å². The first kappa shape index (κ1) is 39.2. The van der Waals surface area contributed by atoms with Gasteiger partial charge in [0, 0.05) is 34.1 Å². The molecule has 0 amide bonds. The first-order valence-corrected chi connectivity index (χ1v) is 20.2. The molecule has 57 heavy (non-hydrogen) atoms. The van der Waals surface area contributed by atoms with Crippen LogP contribution in [-0.4, -0.2) is 0 Å². The van der Waals surface area contributed by atoms with Crippen LogP contribution in [0.3, 0.4) is 0 Å². The van der Waals surface area contributed by atoms with E-state index in [9.17, 15) is 0 Å². The maximum Gasteiger partial charge on any atom is 0.0390 e. The zero-order valence-electron chi connectivity index (χ0n) is 35.1. The van der Waals surface area contributed by atoms with Gasteiger partial charge in [0.15, 0.2) is 0 Å². The smallest absolute Gasteiger partial charge is 0.0390 e. The van der Waals surface area contributed by atoms with Gasteiger partial charge < -0.3 is 16.0 Å². The molecule has 0 saturated heterocycles. The zero-order valence-corrected chi connectivity index (χ0v) is 35.1. The van der Waals surface area contributed by atoms with E-state index in [1.165, 1.54) is 16.7 Å². The van der Waals surface area contributed by atoms with Crippen LogP contribution in [0.2, 0.25) is 0 Å². The lowest BCUT2D eigenvalue weighted by molar-refractivity contribution is 0.590. The van der Waals surface area contributed by atoms with Crippen molar-refractivity contribution < 1.29 is 0 Å². The molecule has 0 unspecified atom stereocenters. The molecule has 3 heteroatoms. The molecule has 0 aliphatic carbocycles. The average molecular weight is 748 g/mol. The molecule has 0 spiro atoms. The van der Waals surface area contributed by atoms with Crippen LogP contribution in [0, 0.1) is 0 Å². The van der Waals surface area contributed by atoms with Crippen LogP contribution < -0.4 is 16.0 Å². The SMILES string of the molecule is CC(C)(C)c1ccc(Nc2cccc(-c3cc(-c4cccc(Nc5ccc(C(C)(C)C)cc5)c4)cc(-c4cccc(Nc5ccc(C(C)(C)C)cc5)c4)c3)c2)cc1. The van der Waals surface area contributed by atoms with E-state index in [0.717, 1.165) is 67.5 Å². The Morgan fingerprint density at radius 2 is 0.491 bits per heavy atom. The molecule has 7 aromatic carbocycles. The second-order valence-electron chi connectivity index (χ2n) is 18.4. The van der Waals surface area contributed by atoms with Crippen molar-refractivity contribution in [3.05, 3.63) is 180 Å². The van der Waals surface area contributed by atoms with E-state index < -0.39 is 0 Å². The summed E-state index contributed by atoms with van der Waals surface area (Å²) in [6.07, 6.45) is 0. The summed E-state index contributed by atoms with van der Waals surface area (Å²) in [5.74, 6) is 0. The molecule has 7 aromatic rings. The van der Waals surface area contributed by atoms with Gasteiger partial charge in [-0.15, -0.1) is 0 Å². The Hall–Kier alpha value is -6.06. The number of rotatable bonds is 9. The lowest BCUT2D eigenvalue weighted by atomic mass is 9.87. The van der Waals surface area contributed by atoms with Gasteiger partial charge in [-0.25, -0.2) is 0 Å². The van der Waals surface area contributed by atoms with E-state index in [0.29, 0.717) is 0 Å². The monoisotopic (exact) mass is 747 g/mol. The molecule has 0 bridgehead atoms. The van der Waals surface area contributed by atoms with Gasteiger partial charge in [-0.3, -0.25) is 0 Å². The van der Waals surface area contributed by atoms with Gasteiger partial charge in [0.1, 0.15) is 0 Å². The topological polar surface area (TPSA) is 36.1 Å². The molecular weight excluding hydrogens is 691 g/mol. The van der Waals surface area contributed by atoms with Crippen molar-refractivity contribution in [3.8, 4) is 33.4 Å². The third-order valence-electron chi connectivity index (χ3n) is 10.6. The Kier molecular flexibility index (Phi) is 10.9. The summed E-state index contributed by atoms with van der Waals surface area (Å²) in [6.45, 7) is 20.2. The maximum absolute atomic E-state index is 3.65. The van der Waals surface area contributed by atoms with Gasteiger partial charge in [0.25, 0.3) is 0 Å². The molecule has 0 saturated carbocycles. The second-order valence-corrected chi connectivity index (χ2v) is 18.4. The van der Waals surface area contributed by atoms with E-state index in [1.54, 1.807) is 0 Å². The molecule has 288 valence electrons. The predicted octanol–water partition coefficient (Wildman–Crippen LogP) is 15.8. The summed E-state index contributed by atoms with van der Waals surface area (Å²) < 4.78 is 0. The standard InChI is InChI=1S/C54H57N3/c1-52(2,3)43-19-25-46(26-20-43)55-49-16-10-13-37(34-49)40-31-41(38-14-11-17-50(35-38)56-47-27-21-44(22-28-47)53(4,5)6)33-42(32-40)39-15-12-18-51(36-39)57-48-29-23-45(24-30-48)54(7,8)9/h10-36,55-57H,1-9H3. The van der Waals surface area contributed by atoms with Crippen molar-refractivity contribution in [2.45, 2.75) is 78.6 Å². The Morgan fingerprint density at radius 1 is 0.246 bits per heavy atom. The molecule has 3 nitrogen and oxygen atoms in total. The third kappa shape index (κ3) is 9.85. The summed E-state index contributed by atoms with van der Waals surface area (Å²) in [5, 5.41) is 11.0. The summed E-state index contributed by atoms with van der Waals surface area (Å²) in [7, 11) is 0. The predicted molar refractivity (Wildman–Crippen MR) is 248 cm³/mol. The molecule has 0 aliphatic rings. The Labute approximate surface area is 341 Å². The minimum atomic E-state index is 0.113. The average Bonchev–Trinajstić information content (AvgIpc) is 3.18. The van der Waals surface area contributed by atoms with E-state index in [2.05, 4.69) is 242 Å². The van der Waals surface area contributed by atoms with Crippen LogP contribution in [0.1, 0.15) is 79.0 Å². The number of anilines is 6. The molecule has 0 fully saturated rings. The molecule has 0 radical (unpaired) electrons. The Balaban J connectivity index is 1.24. The molecule has 0 aliphatic heterocycles. The maximum atomic E-state index is 3.65. The van der Waals surface area contributed by atoms with Crippen LogP contribution in [0.5, 0.6) is 0 Å². The number of hydrogen-bond acceptors (Lipinski definition) is 3. The van der Waals surface area contributed by atoms with Crippen LogP contribution in [-0.2, 0) is 16.2 Å². The van der Waals surface area contributed by atoms with Gasteiger partial charge in [-0.05, 0) is 157 Å². The third-order valence-corrected chi connectivity index (χ3v) is 10.6.